The van der Waals surface area contributed by atoms with Gasteiger partial charge in [0.15, 0.2) is 0 Å². The van der Waals surface area contributed by atoms with E-state index < -0.39 is 59.4 Å². The number of pyridine rings is 1. The molecule has 0 saturated carbocycles. The van der Waals surface area contributed by atoms with E-state index >= 15 is 4.39 Å². The fraction of sp³-hybridized carbons (Fsp3) is 0.323. The Balaban J connectivity index is 1.37. The highest BCUT2D eigenvalue weighted by atomic mass is 19.4. The first-order valence-corrected chi connectivity index (χ1v) is 14.1. The molecule has 1 aliphatic rings. The van der Waals surface area contributed by atoms with Crippen molar-refractivity contribution >= 4 is 28.5 Å². The zero-order valence-electron chi connectivity index (χ0n) is 24.9. The predicted octanol–water partition coefficient (Wildman–Crippen LogP) is 3.03. The van der Waals surface area contributed by atoms with Crippen LogP contribution in [0.1, 0.15) is 27.0 Å². The number of morpholine rings is 1. The average molecular weight is 644 g/mol. The van der Waals surface area contributed by atoms with Crippen LogP contribution in [0.4, 0.5) is 23.2 Å². The number of alkyl halides is 3. The molecule has 4 aromatic rings. The molecule has 0 unspecified atom stereocenters. The molecule has 5 rings (SSSR count). The molecule has 0 radical (unpaired) electrons. The first-order chi connectivity index (χ1) is 21.7. The molecule has 3 heterocycles. The van der Waals surface area contributed by atoms with Gasteiger partial charge in [-0.3, -0.25) is 14.2 Å². The molecule has 11 nitrogen and oxygen atoms in total. The van der Waals surface area contributed by atoms with Gasteiger partial charge >= 0.3 is 17.8 Å². The normalized spacial score (nSPS) is 16.0. The lowest BCUT2D eigenvalue weighted by Crippen LogP contribution is -2.53. The van der Waals surface area contributed by atoms with Crippen molar-refractivity contribution in [3.8, 4) is 5.82 Å². The molecule has 2 N–H and O–H groups in total. The topological polar surface area (TPSA) is 136 Å². The second kappa shape index (κ2) is 12.4. The van der Waals surface area contributed by atoms with E-state index in [2.05, 4.69) is 10.3 Å². The highest BCUT2D eigenvalue weighted by molar-refractivity contribution is 5.98. The number of anilines is 1. The minimum atomic E-state index is -4.64. The molecule has 2 atom stereocenters. The van der Waals surface area contributed by atoms with Crippen molar-refractivity contribution in [1.29, 1.82) is 0 Å². The lowest BCUT2D eigenvalue weighted by atomic mass is 10.0. The number of benzene rings is 2. The fourth-order valence-electron chi connectivity index (χ4n) is 5.48. The van der Waals surface area contributed by atoms with Crippen LogP contribution in [0.5, 0.6) is 0 Å². The van der Waals surface area contributed by atoms with Crippen molar-refractivity contribution in [2.75, 3.05) is 24.7 Å². The van der Waals surface area contributed by atoms with Gasteiger partial charge in [0.2, 0.25) is 0 Å². The van der Waals surface area contributed by atoms with Crippen LogP contribution >= 0.6 is 0 Å². The summed E-state index contributed by atoms with van der Waals surface area (Å²) in [5.41, 5.74) is -0.231. The summed E-state index contributed by atoms with van der Waals surface area (Å²) in [4.78, 5) is 56.4. The summed E-state index contributed by atoms with van der Waals surface area (Å²) in [5, 5.41) is 12.4. The van der Waals surface area contributed by atoms with Gasteiger partial charge in [-0.15, -0.1) is 0 Å². The molecule has 1 aliphatic heterocycles. The summed E-state index contributed by atoms with van der Waals surface area (Å²) in [6, 6.07) is 6.41. The molecular formula is C31H29F4N5O6. The predicted molar refractivity (Wildman–Crippen MR) is 159 cm³/mol. The number of fused-ring (bicyclic) bond motifs is 1. The van der Waals surface area contributed by atoms with Crippen LogP contribution in [-0.4, -0.2) is 69.1 Å². The Labute approximate surface area is 258 Å². The van der Waals surface area contributed by atoms with Crippen molar-refractivity contribution in [3.63, 3.8) is 0 Å². The van der Waals surface area contributed by atoms with Gasteiger partial charge in [-0.1, -0.05) is 17.7 Å². The Hall–Kier alpha value is -5.05. The molecule has 2 aromatic carbocycles. The number of rotatable bonds is 7. The first-order valence-electron chi connectivity index (χ1n) is 14.1. The maximum absolute atomic E-state index is 15.2. The van der Waals surface area contributed by atoms with Crippen molar-refractivity contribution in [2.45, 2.75) is 38.5 Å². The van der Waals surface area contributed by atoms with Crippen molar-refractivity contribution in [2.24, 2.45) is 7.05 Å². The summed E-state index contributed by atoms with van der Waals surface area (Å²) in [6.07, 6.45) is -3.68. The number of halogens is 4. The molecule has 0 aliphatic carbocycles. The number of amides is 1. The lowest BCUT2D eigenvalue weighted by Gasteiger charge is -2.38. The molecule has 0 spiro atoms. The molecule has 2 aromatic heterocycles. The third kappa shape index (κ3) is 6.22. The van der Waals surface area contributed by atoms with Crippen LogP contribution in [0.15, 0.2) is 58.3 Å². The number of carbonyl (C=O) groups is 2. The number of hydrogen-bond acceptors (Lipinski definition) is 7. The summed E-state index contributed by atoms with van der Waals surface area (Å²) >= 11 is 0. The molecule has 1 fully saturated rings. The SMILES string of the molecule is Cc1ccc2c(c1)c(=O)n(-c1ccc(C[C@H](NC(=O)c3c(C)cc(N4CCOC[C@@H]4C(F)(F)F)cc3F)C(=O)O)cn1)c(=O)n2C. The van der Waals surface area contributed by atoms with Crippen molar-refractivity contribution in [3.05, 3.63) is 97.6 Å². The molecular weight excluding hydrogens is 614 g/mol. The van der Waals surface area contributed by atoms with Gasteiger partial charge in [-0.2, -0.15) is 13.2 Å². The van der Waals surface area contributed by atoms with Gasteiger partial charge in [0, 0.05) is 31.9 Å². The Morgan fingerprint density at radius 2 is 1.87 bits per heavy atom. The Morgan fingerprint density at radius 3 is 2.50 bits per heavy atom. The minimum Gasteiger partial charge on any atom is -0.480 e. The van der Waals surface area contributed by atoms with Crippen molar-refractivity contribution < 1.29 is 37.0 Å². The number of nitrogens with zero attached hydrogens (tertiary/aromatic N) is 4. The summed E-state index contributed by atoms with van der Waals surface area (Å²) in [7, 11) is 1.52. The molecule has 46 heavy (non-hydrogen) atoms. The van der Waals surface area contributed by atoms with E-state index in [4.69, 9.17) is 4.74 Å². The Kier molecular flexibility index (Phi) is 8.71. The maximum Gasteiger partial charge on any atom is 0.411 e. The third-order valence-electron chi connectivity index (χ3n) is 7.84. The quantitative estimate of drug-likeness (QED) is 0.294. The second-order valence-electron chi connectivity index (χ2n) is 11.0. The molecule has 15 heteroatoms. The van der Waals surface area contributed by atoms with Gasteiger partial charge in [0.25, 0.3) is 11.5 Å². The van der Waals surface area contributed by atoms with Crippen LogP contribution in [0.2, 0.25) is 0 Å². The van der Waals surface area contributed by atoms with Crippen LogP contribution in [0.25, 0.3) is 16.7 Å². The van der Waals surface area contributed by atoms with E-state index in [0.29, 0.717) is 16.5 Å². The number of nitrogens with one attached hydrogen (secondary N) is 1. The van der Waals surface area contributed by atoms with Crippen molar-refractivity contribution in [1.82, 2.24) is 19.4 Å². The maximum atomic E-state index is 15.2. The Bertz CT molecular complexity index is 1930. The fourth-order valence-corrected chi connectivity index (χ4v) is 5.48. The van der Waals surface area contributed by atoms with E-state index in [1.165, 1.54) is 42.9 Å². The highest BCUT2D eigenvalue weighted by Crippen LogP contribution is 2.33. The van der Waals surface area contributed by atoms with Gasteiger partial charge in [0.05, 0.1) is 29.7 Å². The first kappa shape index (κ1) is 32.3. The second-order valence-corrected chi connectivity index (χ2v) is 11.0. The van der Waals surface area contributed by atoms with E-state index in [1.807, 2.05) is 6.92 Å². The zero-order chi connectivity index (χ0) is 33.5. The average Bonchev–Trinajstić information content (AvgIpc) is 2.99. The smallest absolute Gasteiger partial charge is 0.411 e. The van der Waals surface area contributed by atoms with Crippen LogP contribution < -0.4 is 21.5 Å². The number of carboxylic acid groups (broad SMARTS) is 1. The molecule has 0 bridgehead atoms. The number of aliphatic carboxylic acids is 1. The Morgan fingerprint density at radius 1 is 1.13 bits per heavy atom. The lowest BCUT2D eigenvalue weighted by molar-refractivity contribution is -0.167. The van der Waals surface area contributed by atoms with Gasteiger partial charge in [0.1, 0.15) is 23.7 Å². The van der Waals surface area contributed by atoms with E-state index in [-0.39, 0.29) is 36.6 Å². The number of aromatic nitrogens is 3. The third-order valence-corrected chi connectivity index (χ3v) is 7.84. The molecule has 1 saturated heterocycles. The van der Waals surface area contributed by atoms with Crippen LogP contribution in [0.3, 0.4) is 0 Å². The standard InChI is InChI=1S/C31H29F4N5O6/c1-16-4-6-23-20(10-16)28(42)40(30(45)38(23)3)25-7-5-18(14-36-25)12-22(29(43)44)37-27(41)26-17(2)11-19(13-21(26)32)39-8-9-46-15-24(39)31(33,34)35/h4-7,10-11,13-14,22,24H,8-9,12,15H2,1-3H3,(H,37,41)(H,43,44)/t22-,24+/m0/s1. The highest BCUT2D eigenvalue weighted by Gasteiger charge is 2.45. The van der Waals surface area contributed by atoms with Gasteiger partial charge in [-0.05, 0) is 55.3 Å². The largest absolute Gasteiger partial charge is 0.480 e. The van der Waals surface area contributed by atoms with E-state index in [9.17, 15) is 37.5 Å². The number of ether oxygens (including phenoxy) is 1. The molecule has 242 valence electrons. The summed E-state index contributed by atoms with van der Waals surface area (Å²) < 4.78 is 63.0. The minimum absolute atomic E-state index is 0.000479. The number of carboxylic acids is 1. The van der Waals surface area contributed by atoms with E-state index in [0.717, 1.165) is 21.1 Å². The zero-order valence-corrected chi connectivity index (χ0v) is 24.9. The van der Waals surface area contributed by atoms with Gasteiger partial charge in [-0.25, -0.2) is 23.5 Å². The number of carbonyl (C=O) groups excluding carboxylic acids is 1. The monoisotopic (exact) mass is 643 g/mol. The summed E-state index contributed by atoms with van der Waals surface area (Å²) in [5.74, 6) is -3.63. The number of hydrogen-bond donors (Lipinski definition) is 2. The molecule has 1 amide bonds. The summed E-state index contributed by atoms with van der Waals surface area (Å²) in [6.45, 7) is 2.37. The number of aryl methyl sites for hydroxylation is 3. The van der Waals surface area contributed by atoms with Crippen LogP contribution in [-0.2, 0) is 23.0 Å². The van der Waals surface area contributed by atoms with Gasteiger partial charge < -0.3 is 20.1 Å². The van der Waals surface area contributed by atoms with Crippen LogP contribution in [0, 0.1) is 19.7 Å². The van der Waals surface area contributed by atoms with E-state index in [1.54, 1.807) is 18.2 Å².